The smallest absolute Gasteiger partial charge is 0.322 e. The van der Waals surface area contributed by atoms with Crippen LogP contribution in [-0.4, -0.2) is 132 Å². The van der Waals surface area contributed by atoms with Gasteiger partial charge in [0.25, 0.3) is 5.91 Å². The Labute approximate surface area is 345 Å². The molecule has 13 heteroatoms. The summed E-state index contributed by atoms with van der Waals surface area (Å²) in [5.74, 6) is -0.787. The first-order valence-corrected chi connectivity index (χ1v) is 21.4. The van der Waals surface area contributed by atoms with Gasteiger partial charge >= 0.3 is 5.97 Å². The Hall–Kier alpha value is -4.45. The van der Waals surface area contributed by atoms with Gasteiger partial charge in [0.05, 0.1) is 38.4 Å². The summed E-state index contributed by atoms with van der Waals surface area (Å²) in [6.45, 7) is 7.36. The third-order valence-corrected chi connectivity index (χ3v) is 15.7. The zero-order valence-electron chi connectivity index (χ0n) is 34.9. The number of esters is 1. The van der Waals surface area contributed by atoms with Crippen LogP contribution in [0.1, 0.15) is 74.8 Å². The van der Waals surface area contributed by atoms with Gasteiger partial charge in [0.15, 0.2) is 5.60 Å². The molecular formula is C46H58N6O7. The van der Waals surface area contributed by atoms with Crippen LogP contribution in [0, 0.1) is 22.7 Å². The summed E-state index contributed by atoms with van der Waals surface area (Å²) in [5.41, 5.74) is -1.59. The molecule has 314 valence electrons. The number of carbonyl (C=O) groups excluding carboxylic acids is 2. The van der Waals surface area contributed by atoms with Gasteiger partial charge < -0.3 is 40.0 Å². The molecule has 13 nitrogen and oxygen atoms in total. The molecule has 1 saturated carbocycles. The van der Waals surface area contributed by atoms with Crippen LogP contribution in [0.3, 0.4) is 0 Å². The van der Waals surface area contributed by atoms with Gasteiger partial charge in [-0.25, -0.2) is 0 Å². The van der Waals surface area contributed by atoms with E-state index in [1.807, 2.05) is 62.2 Å². The lowest BCUT2D eigenvalue weighted by Crippen LogP contribution is -2.81. The number of nitrogens with one attached hydrogen (secondary N) is 2. The van der Waals surface area contributed by atoms with E-state index in [-0.39, 0.29) is 24.9 Å². The molecule has 6 heterocycles. The fourth-order valence-electron chi connectivity index (χ4n) is 13.4. The standard InChI is InChI=1S/C46H58N6O7/c1-6-42(56)24-28-25-45(41(55)59-5,36-30(14-20-51(26-28)27-42)29-12-8-9-13-33(29)49-36)32-22-31-34(23-35(32)58-4)50(3)38-44(31)16-21-52-19-10-15-43(7-2,37(44)52)39(53)46(38,57)40(54)48-18-11-17-47/h8-10,12-13,15,22-23,28,37-39,49,53,56-57H,6-7,11,14,16,18-21,24-27H2,1-5H3,(H,48,54)/t28-,37+,38-,39-,42+,43-,44-,45+,46+/m1/s1. The fourth-order valence-corrected chi connectivity index (χ4v) is 13.4. The molecule has 3 fully saturated rings. The summed E-state index contributed by atoms with van der Waals surface area (Å²) in [5, 5.41) is 51.0. The quantitative estimate of drug-likeness (QED) is 0.129. The van der Waals surface area contributed by atoms with Crippen molar-refractivity contribution in [3.63, 3.8) is 0 Å². The summed E-state index contributed by atoms with van der Waals surface area (Å²) in [7, 11) is 4.90. The Morgan fingerprint density at radius 2 is 1.86 bits per heavy atom. The van der Waals surface area contributed by atoms with Gasteiger partial charge in [-0.2, -0.15) is 5.26 Å². The lowest BCUT2D eigenvalue weighted by Gasteiger charge is -2.63. The fraction of sp³-hybridized carbons (Fsp3) is 0.587. The van der Waals surface area contributed by atoms with Crippen molar-refractivity contribution in [3.05, 3.63) is 70.9 Å². The number of H-pyrrole nitrogens is 1. The van der Waals surface area contributed by atoms with E-state index in [1.54, 1.807) is 7.11 Å². The first-order chi connectivity index (χ1) is 28.3. The molecule has 1 spiro atoms. The zero-order chi connectivity index (χ0) is 41.7. The first kappa shape index (κ1) is 40.0. The number of aromatic nitrogens is 1. The number of likely N-dealkylation sites (N-methyl/N-ethyl adjacent to an activating group) is 1. The molecule has 2 aromatic carbocycles. The first-order valence-electron chi connectivity index (χ1n) is 21.4. The molecule has 5 N–H and O–H groups in total. The molecule has 59 heavy (non-hydrogen) atoms. The Morgan fingerprint density at radius 1 is 1.07 bits per heavy atom. The number of para-hydroxylation sites is 1. The Morgan fingerprint density at radius 3 is 2.59 bits per heavy atom. The number of piperidine rings is 1. The van der Waals surface area contributed by atoms with Crippen molar-refractivity contribution in [3.8, 4) is 11.8 Å². The van der Waals surface area contributed by atoms with E-state index in [4.69, 9.17) is 9.47 Å². The number of anilines is 1. The highest BCUT2D eigenvalue weighted by molar-refractivity contribution is 5.95. The van der Waals surface area contributed by atoms with Crippen molar-refractivity contribution in [1.29, 1.82) is 5.26 Å². The SMILES string of the molecule is CC[C@]1(O)C[C@H]2CN(CCc3c([nH]c4ccccc34)[C@@](C(=O)OC)(c3cc4c(cc3OC)N(C)[C@H]3[C@@](O)(C(=O)NCCC#N)[C@H](O)[C@]5(CC)C=CCN6CC[C@]43[C@@H]65)C2)C1. The number of aromatic amines is 1. The number of hydrogen-bond donors (Lipinski definition) is 5. The third-order valence-electron chi connectivity index (χ3n) is 15.7. The van der Waals surface area contributed by atoms with E-state index in [0.717, 1.165) is 33.4 Å². The number of methoxy groups -OCH3 is 2. The molecule has 1 amide bonds. The average Bonchev–Trinajstić information content (AvgIpc) is 3.90. The summed E-state index contributed by atoms with van der Waals surface area (Å²) in [6, 6.07) is 13.0. The van der Waals surface area contributed by atoms with E-state index in [0.29, 0.717) is 82.6 Å². The molecule has 5 aliphatic heterocycles. The highest BCUT2D eigenvalue weighted by Crippen LogP contribution is 2.67. The number of fused-ring (bicyclic) bond motifs is 6. The minimum Gasteiger partial charge on any atom is -0.496 e. The Kier molecular flexibility index (Phi) is 9.53. The highest BCUT2D eigenvalue weighted by atomic mass is 16.5. The van der Waals surface area contributed by atoms with Gasteiger partial charge in [0.1, 0.15) is 17.3 Å². The van der Waals surface area contributed by atoms with Crippen molar-refractivity contribution in [2.24, 2.45) is 11.3 Å². The maximum atomic E-state index is 15.3. The normalized spacial score (nSPS) is 36.9. The van der Waals surface area contributed by atoms with E-state index >= 15 is 4.79 Å². The summed E-state index contributed by atoms with van der Waals surface area (Å²) in [6.07, 6.45) is 5.76. The van der Waals surface area contributed by atoms with Crippen molar-refractivity contribution < 1.29 is 34.4 Å². The van der Waals surface area contributed by atoms with Crippen molar-refractivity contribution in [1.82, 2.24) is 20.1 Å². The van der Waals surface area contributed by atoms with Gasteiger partial charge in [0, 0.05) is 90.6 Å². The number of aliphatic hydroxyl groups is 3. The lowest BCUT2D eigenvalue weighted by atomic mass is 9.47. The van der Waals surface area contributed by atoms with Crippen LogP contribution in [0.15, 0.2) is 48.6 Å². The van der Waals surface area contributed by atoms with Crippen LogP contribution in [0.4, 0.5) is 5.69 Å². The Bertz CT molecular complexity index is 2270. The predicted octanol–water partition coefficient (Wildman–Crippen LogP) is 3.28. The molecule has 1 unspecified atom stereocenters. The van der Waals surface area contributed by atoms with E-state index in [1.165, 1.54) is 7.11 Å². The molecule has 2 bridgehead atoms. The molecule has 6 aliphatic rings. The number of nitriles is 1. The number of nitrogens with zero attached hydrogens (tertiary/aromatic N) is 4. The van der Waals surface area contributed by atoms with Crippen molar-refractivity contribution in [2.75, 3.05) is 65.4 Å². The highest BCUT2D eigenvalue weighted by Gasteiger charge is 2.78. The largest absolute Gasteiger partial charge is 0.496 e. The molecule has 9 rings (SSSR count). The maximum absolute atomic E-state index is 15.3. The van der Waals surface area contributed by atoms with Crippen LogP contribution in [0.5, 0.6) is 5.75 Å². The summed E-state index contributed by atoms with van der Waals surface area (Å²) in [4.78, 5) is 40.3. The number of benzene rings is 2. The molecular weight excluding hydrogens is 749 g/mol. The number of amides is 1. The van der Waals surface area contributed by atoms with Gasteiger partial charge in [-0.05, 0) is 74.2 Å². The number of ether oxygens (including phenoxy) is 2. The molecule has 3 aromatic rings. The summed E-state index contributed by atoms with van der Waals surface area (Å²) < 4.78 is 12.3. The minimum atomic E-state index is -2.29. The second-order valence-corrected chi connectivity index (χ2v) is 18.3. The zero-order valence-corrected chi connectivity index (χ0v) is 34.9. The second-order valence-electron chi connectivity index (χ2n) is 18.3. The van der Waals surface area contributed by atoms with E-state index in [9.17, 15) is 25.4 Å². The number of rotatable bonds is 8. The number of carbonyl (C=O) groups is 2. The topological polar surface area (TPSA) is 175 Å². The van der Waals surface area contributed by atoms with E-state index in [2.05, 4.69) is 38.3 Å². The van der Waals surface area contributed by atoms with Gasteiger partial charge in [0.2, 0.25) is 0 Å². The predicted molar refractivity (Wildman–Crippen MR) is 222 cm³/mol. The van der Waals surface area contributed by atoms with Crippen LogP contribution in [0.2, 0.25) is 0 Å². The van der Waals surface area contributed by atoms with Gasteiger partial charge in [-0.3, -0.25) is 19.4 Å². The summed E-state index contributed by atoms with van der Waals surface area (Å²) >= 11 is 0. The van der Waals surface area contributed by atoms with Crippen LogP contribution in [0.25, 0.3) is 10.9 Å². The molecule has 10 atom stereocenters. The molecule has 0 radical (unpaired) electrons. The molecule has 1 aliphatic carbocycles. The number of hydrogen-bond acceptors (Lipinski definition) is 11. The number of aliphatic hydroxyl groups excluding tert-OH is 1. The van der Waals surface area contributed by atoms with Gasteiger partial charge in [-0.15, -0.1) is 0 Å². The van der Waals surface area contributed by atoms with Crippen LogP contribution >= 0.6 is 0 Å². The van der Waals surface area contributed by atoms with E-state index < -0.39 is 51.5 Å². The monoisotopic (exact) mass is 806 g/mol. The van der Waals surface area contributed by atoms with Gasteiger partial charge in [-0.1, -0.05) is 44.2 Å². The minimum absolute atomic E-state index is 0.0312. The average molecular weight is 807 g/mol. The second kappa shape index (κ2) is 14.1. The third kappa shape index (κ3) is 5.26. The maximum Gasteiger partial charge on any atom is 0.322 e. The Balaban J connectivity index is 1.34. The van der Waals surface area contributed by atoms with Crippen LogP contribution in [-0.2, 0) is 31.6 Å². The molecule has 1 aromatic heterocycles. The van der Waals surface area contributed by atoms with Crippen LogP contribution < -0.4 is 15.0 Å². The lowest BCUT2D eigenvalue weighted by molar-refractivity contribution is -0.203. The molecule has 2 saturated heterocycles. The van der Waals surface area contributed by atoms with Crippen molar-refractivity contribution in [2.45, 2.75) is 99.0 Å². The van der Waals surface area contributed by atoms with Crippen molar-refractivity contribution >= 4 is 28.5 Å².